The molecule has 1 heterocycles. The van der Waals surface area contributed by atoms with Crippen LogP contribution in [0.4, 0.5) is 0 Å². The Morgan fingerprint density at radius 2 is 2.00 bits per heavy atom. The van der Waals surface area contributed by atoms with Crippen molar-refractivity contribution in [2.45, 2.75) is 32.1 Å². The third kappa shape index (κ3) is 5.96. The van der Waals surface area contributed by atoms with Crippen molar-refractivity contribution in [1.29, 1.82) is 0 Å². The van der Waals surface area contributed by atoms with Gasteiger partial charge < -0.3 is 4.74 Å². The van der Waals surface area contributed by atoms with Gasteiger partial charge in [0, 0.05) is 30.2 Å². The Labute approximate surface area is 130 Å². The van der Waals surface area contributed by atoms with E-state index in [0.717, 1.165) is 5.75 Å². The Kier molecular flexibility index (Phi) is 7.69. The minimum atomic E-state index is -3.19. The van der Waals surface area contributed by atoms with E-state index in [-0.39, 0.29) is 30.9 Å². The van der Waals surface area contributed by atoms with E-state index in [1.807, 2.05) is 0 Å². The number of hydrogen-bond donors (Lipinski definition) is 0. The summed E-state index contributed by atoms with van der Waals surface area (Å²) in [6.07, 6.45) is 0.155. The molecule has 0 aromatic rings. The van der Waals surface area contributed by atoms with Gasteiger partial charge in [-0.1, -0.05) is 6.92 Å². The number of hydrogen-bond acceptors (Lipinski definition) is 7. The third-order valence-electron chi connectivity index (χ3n) is 3.30. The van der Waals surface area contributed by atoms with E-state index in [1.54, 1.807) is 30.5 Å². The van der Waals surface area contributed by atoms with Crippen molar-refractivity contribution in [3.63, 3.8) is 0 Å². The predicted molar refractivity (Wildman–Crippen MR) is 83.0 cm³/mol. The third-order valence-corrected chi connectivity index (χ3v) is 6.63. The van der Waals surface area contributed by atoms with E-state index in [1.165, 1.54) is 0 Å². The first-order chi connectivity index (χ1) is 9.90. The Balaban J connectivity index is 2.54. The summed E-state index contributed by atoms with van der Waals surface area (Å²) < 4.78 is 28.9. The number of sulfone groups is 1. The van der Waals surface area contributed by atoms with Gasteiger partial charge in [-0.25, -0.2) is 8.42 Å². The van der Waals surface area contributed by atoms with Crippen molar-refractivity contribution in [3.05, 3.63) is 0 Å². The van der Waals surface area contributed by atoms with Crippen LogP contribution in [-0.2, 0) is 24.2 Å². The lowest BCUT2D eigenvalue weighted by molar-refractivity contribution is -0.144. The van der Waals surface area contributed by atoms with Gasteiger partial charge in [-0.2, -0.15) is 11.8 Å². The smallest absolute Gasteiger partial charge is 0.306 e. The fourth-order valence-electron chi connectivity index (χ4n) is 2.10. The molecule has 8 heteroatoms. The lowest BCUT2D eigenvalue weighted by Gasteiger charge is -2.34. The molecule has 1 fully saturated rings. The molecule has 0 aromatic carbocycles. The van der Waals surface area contributed by atoms with Crippen LogP contribution in [0.2, 0.25) is 0 Å². The van der Waals surface area contributed by atoms with Gasteiger partial charge >= 0.3 is 5.97 Å². The Morgan fingerprint density at radius 3 is 2.62 bits per heavy atom. The highest BCUT2D eigenvalue weighted by atomic mass is 32.2. The maximum absolute atomic E-state index is 12.1. The van der Waals surface area contributed by atoms with E-state index in [4.69, 9.17) is 4.74 Å². The summed E-state index contributed by atoms with van der Waals surface area (Å²) in [5.74, 6) is 0.887. The van der Waals surface area contributed by atoms with Crippen LogP contribution >= 0.6 is 11.8 Å². The van der Waals surface area contributed by atoms with Gasteiger partial charge in [-0.05, 0) is 6.92 Å². The van der Waals surface area contributed by atoms with E-state index in [0.29, 0.717) is 18.9 Å². The number of nitrogens with zero attached hydrogens (tertiary/aromatic N) is 1. The second-order valence-electron chi connectivity index (χ2n) is 4.80. The van der Waals surface area contributed by atoms with Crippen molar-refractivity contribution in [1.82, 2.24) is 4.90 Å². The van der Waals surface area contributed by atoms with Gasteiger partial charge in [-0.15, -0.1) is 0 Å². The highest BCUT2D eigenvalue weighted by Crippen LogP contribution is 2.21. The largest absolute Gasteiger partial charge is 0.466 e. The SMILES string of the molecule is CCOC(=O)CCC(=O)CN1CCSCC1S(=O)(=O)CC. The van der Waals surface area contributed by atoms with Gasteiger partial charge in [0.05, 0.1) is 19.6 Å². The molecule has 0 spiro atoms. The lowest BCUT2D eigenvalue weighted by Crippen LogP contribution is -2.49. The van der Waals surface area contributed by atoms with Gasteiger partial charge in [0.2, 0.25) is 0 Å². The van der Waals surface area contributed by atoms with E-state index >= 15 is 0 Å². The van der Waals surface area contributed by atoms with Crippen molar-refractivity contribution in [3.8, 4) is 0 Å². The van der Waals surface area contributed by atoms with Crippen LogP contribution in [0.3, 0.4) is 0 Å². The first-order valence-corrected chi connectivity index (χ1v) is 9.98. The van der Waals surface area contributed by atoms with Crippen molar-refractivity contribution in [2.24, 2.45) is 0 Å². The zero-order valence-corrected chi connectivity index (χ0v) is 14.2. The normalized spacial score (nSPS) is 20.2. The molecule has 122 valence electrons. The van der Waals surface area contributed by atoms with Crippen LogP contribution in [0.1, 0.15) is 26.7 Å². The summed E-state index contributed by atoms with van der Waals surface area (Å²) in [5.41, 5.74) is 0. The molecule has 0 N–H and O–H groups in total. The highest BCUT2D eigenvalue weighted by Gasteiger charge is 2.33. The van der Waals surface area contributed by atoms with Gasteiger partial charge in [-0.3, -0.25) is 14.5 Å². The zero-order valence-electron chi connectivity index (χ0n) is 12.5. The number of ketones is 1. The fourth-order valence-corrected chi connectivity index (χ4v) is 5.18. The molecule has 0 bridgehead atoms. The average molecular weight is 337 g/mol. The molecule has 1 atom stereocenters. The maximum Gasteiger partial charge on any atom is 0.306 e. The number of ether oxygens (including phenoxy) is 1. The first kappa shape index (κ1) is 18.4. The molecular formula is C13H23NO5S2. The van der Waals surface area contributed by atoms with E-state index in [9.17, 15) is 18.0 Å². The molecule has 1 saturated heterocycles. The molecule has 0 aromatic heterocycles. The van der Waals surface area contributed by atoms with Crippen molar-refractivity contribution >= 4 is 33.4 Å². The standard InChI is InChI=1S/C13H23NO5S2/c1-3-19-13(16)6-5-11(15)9-14-7-8-20-10-12(14)21(17,18)4-2/h12H,3-10H2,1-2H3. The first-order valence-electron chi connectivity index (χ1n) is 7.11. The lowest BCUT2D eigenvalue weighted by atomic mass is 10.2. The molecule has 21 heavy (non-hydrogen) atoms. The fraction of sp³-hybridized carbons (Fsp3) is 0.846. The van der Waals surface area contributed by atoms with Crippen molar-refractivity contribution in [2.75, 3.05) is 37.0 Å². The van der Waals surface area contributed by atoms with Gasteiger partial charge in [0.25, 0.3) is 0 Å². The highest BCUT2D eigenvalue weighted by molar-refractivity contribution is 8.01. The number of rotatable bonds is 8. The summed E-state index contributed by atoms with van der Waals surface area (Å²) in [6, 6.07) is 0. The quantitative estimate of drug-likeness (QED) is 0.603. The van der Waals surface area contributed by atoms with Crippen LogP contribution < -0.4 is 0 Å². The average Bonchev–Trinajstić information content (AvgIpc) is 2.46. The van der Waals surface area contributed by atoms with Crippen LogP contribution in [0.5, 0.6) is 0 Å². The summed E-state index contributed by atoms with van der Waals surface area (Å²) in [7, 11) is -3.19. The summed E-state index contributed by atoms with van der Waals surface area (Å²) in [4.78, 5) is 24.9. The summed E-state index contributed by atoms with van der Waals surface area (Å²) in [5, 5.41) is -0.590. The van der Waals surface area contributed by atoms with Crippen molar-refractivity contribution < 1.29 is 22.7 Å². The molecular weight excluding hydrogens is 314 g/mol. The minimum Gasteiger partial charge on any atom is -0.466 e. The number of esters is 1. The van der Waals surface area contributed by atoms with Gasteiger partial charge in [0.1, 0.15) is 11.2 Å². The number of carbonyl (C=O) groups excluding carboxylic acids is 2. The number of Topliss-reactive ketones (excluding diaryl/α,β-unsaturated/α-hetero) is 1. The number of carbonyl (C=O) groups is 2. The molecule has 0 radical (unpaired) electrons. The molecule has 0 amide bonds. The predicted octanol–water partition coefficient (Wildman–Crippen LogP) is 0.708. The van der Waals surface area contributed by atoms with Gasteiger partial charge in [0.15, 0.2) is 9.84 Å². The summed E-state index contributed by atoms with van der Waals surface area (Å²) in [6.45, 7) is 4.30. The molecule has 1 aliphatic heterocycles. The molecule has 0 aliphatic carbocycles. The van der Waals surface area contributed by atoms with Crippen LogP contribution in [0.15, 0.2) is 0 Å². The zero-order chi connectivity index (χ0) is 15.9. The molecule has 1 aliphatic rings. The van der Waals surface area contributed by atoms with Crippen LogP contribution in [0, 0.1) is 0 Å². The topological polar surface area (TPSA) is 80.8 Å². The molecule has 1 unspecified atom stereocenters. The maximum atomic E-state index is 12.1. The Bertz CT molecular complexity index is 463. The number of thioether (sulfide) groups is 1. The Hall–Kier alpha value is -0.600. The second-order valence-corrected chi connectivity index (χ2v) is 8.39. The minimum absolute atomic E-state index is 0.0560. The second kappa shape index (κ2) is 8.75. The molecule has 6 nitrogen and oxygen atoms in total. The van der Waals surface area contributed by atoms with Crippen LogP contribution in [0.25, 0.3) is 0 Å². The van der Waals surface area contributed by atoms with E-state index in [2.05, 4.69) is 0 Å². The van der Waals surface area contributed by atoms with Crippen LogP contribution in [-0.4, -0.2) is 67.4 Å². The molecule has 1 rings (SSSR count). The monoisotopic (exact) mass is 337 g/mol. The summed E-state index contributed by atoms with van der Waals surface area (Å²) >= 11 is 1.59. The molecule has 0 saturated carbocycles. The van der Waals surface area contributed by atoms with E-state index < -0.39 is 21.2 Å². The Morgan fingerprint density at radius 1 is 1.29 bits per heavy atom.